The highest BCUT2D eigenvalue weighted by molar-refractivity contribution is 5.58. The van der Waals surface area contributed by atoms with E-state index in [2.05, 4.69) is 43.4 Å². The van der Waals surface area contributed by atoms with Crippen LogP contribution in [0.1, 0.15) is 22.8 Å². The minimum atomic E-state index is 0.0970. The molecule has 2 nitrogen and oxygen atoms in total. The molecule has 0 saturated carbocycles. The molecule has 1 aliphatic heterocycles. The highest BCUT2D eigenvalue weighted by Crippen LogP contribution is 2.34. The fourth-order valence-electron chi connectivity index (χ4n) is 2.39. The molecule has 18 heavy (non-hydrogen) atoms. The number of fused-ring (bicyclic) bond motifs is 1. The molecule has 0 saturated heterocycles. The van der Waals surface area contributed by atoms with E-state index in [4.69, 9.17) is 4.74 Å². The third-order valence-corrected chi connectivity index (χ3v) is 3.42. The Morgan fingerprint density at radius 3 is 2.83 bits per heavy atom. The molecule has 0 radical (unpaired) electrons. The van der Waals surface area contributed by atoms with Gasteiger partial charge in [0.05, 0.1) is 12.2 Å². The summed E-state index contributed by atoms with van der Waals surface area (Å²) in [6.45, 7) is 5.08. The van der Waals surface area contributed by atoms with Crippen molar-refractivity contribution in [3.05, 3.63) is 59.2 Å². The smallest absolute Gasteiger partial charge is 0.143 e. The number of hydrogen-bond acceptors (Lipinski definition) is 2. The summed E-state index contributed by atoms with van der Waals surface area (Å²) in [6.07, 6.45) is 0.0970. The van der Waals surface area contributed by atoms with Gasteiger partial charge in [-0.3, -0.25) is 0 Å². The van der Waals surface area contributed by atoms with Gasteiger partial charge in [0.15, 0.2) is 0 Å². The average Bonchev–Trinajstić information content (AvgIpc) is 2.41. The molecular formula is C16H17NO. The first-order valence-electron chi connectivity index (χ1n) is 6.31. The molecule has 1 heterocycles. The second-order valence-corrected chi connectivity index (χ2v) is 4.84. The normalized spacial score (nSPS) is 17.6. The number of rotatable bonds is 1. The van der Waals surface area contributed by atoms with Crippen molar-refractivity contribution in [1.29, 1.82) is 0 Å². The fraction of sp³-hybridized carbons (Fsp3) is 0.250. The van der Waals surface area contributed by atoms with E-state index < -0.39 is 0 Å². The van der Waals surface area contributed by atoms with Crippen LogP contribution in [0, 0.1) is 13.8 Å². The van der Waals surface area contributed by atoms with Crippen molar-refractivity contribution >= 4 is 5.69 Å². The zero-order valence-electron chi connectivity index (χ0n) is 10.7. The van der Waals surface area contributed by atoms with Gasteiger partial charge in [-0.15, -0.1) is 0 Å². The summed E-state index contributed by atoms with van der Waals surface area (Å²) in [7, 11) is 0. The van der Waals surface area contributed by atoms with E-state index in [1.54, 1.807) is 0 Å². The topological polar surface area (TPSA) is 21.3 Å². The minimum Gasteiger partial charge on any atom is -0.482 e. The number of ether oxygens (including phenoxy) is 1. The van der Waals surface area contributed by atoms with Gasteiger partial charge in [0.25, 0.3) is 0 Å². The van der Waals surface area contributed by atoms with Crippen molar-refractivity contribution in [2.24, 2.45) is 0 Å². The summed E-state index contributed by atoms with van der Waals surface area (Å²) in [5.41, 5.74) is 4.92. The maximum Gasteiger partial charge on any atom is 0.143 e. The maximum absolute atomic E-state index is 6.09. The van der Waals surface area contributed by atoms with Crippen molar-refractivity contribution < 1.29 is 4.74 Å². The predicted octanol–water partition coefficient (Wildman–Crippen LogP) is 3.85. The molecule has 0 spiro atoms. The summed E-state index contributed by atoms with van der Waals surface area (Å²) >= 11 is 0. The van der Waals surface area contributed by atoms with E-state index in [0.29, 0.717) is 0 Å². The molecule has 0 aromatic heterocycles. The molecule has 3 rings (SSSR count). The zero-order chi connectivity index (χ0) is 12.5. The lowest BCUT2D eigenvalue weighted by molar-refractivity contribution is 0.209. The number of nitrogens with one attached hydrogen (secondary N) is 1. The van der Waals surface area contributed by atoms with Crippen molar-refractivity contribution in [1.82, 2.24) is 0 Å². The van der Waals surface area contributed by atoms with Crippen LogP contribution in [0.4, 0.5) is 5.69 Å². The summed E-state index contributed by atoms with van der Waals surface area (Å²) in [4.78, 5) is 0. The van der Waals surface area contributed by atoms with Crippen LogP contribution in [0.3, 0.4) is 0 Å². The van der Waals surface area contributed by atoms with Gasteiger partial charge in [-0.2, -0.15) is 0 Å². The second kappa shape index (κ2) is 4.37. The second-order valence-electron chi connectivity index (χ2n) is 4.84. The van der Waals surface area contributed by atoms with Gasteiger partial charge in [0.1, 0.15) is 11.9 Å². The van der Waals surface area contributed by atoms with Gasteiger partial charge < -0.3 is 10.1 Å². The van der Waals surface area contributed by atoms with Crippen LogP contribution in [0.2, 0.25) is 0 Å². The first-order valence-corrected chi connectivity index (χ1v) is 6.31. The van der Waals surface area contributed by atoms with E-state index in [-0.39, 0.29) is 6.10 Å². The highest BCUT2D eigenvalue weighted by atomic mass is 16.5. The zero-order valence-corrected chi connectivity index (χ0v) is 10.7. The van der Waals surface area contributed by atoms with Crippen molar-refractivity contribution in [2.45, 2.75) is 20.0 Å². The number of benzene rings is 2. The Bertz CT molecular complexity index is 577. The van der Waals surface area contributed by atoms with Gasteiger partial charge in [0.2, 0.25) is 0 Å². The number of para-hydroxylation sites is 2. The molecule has 1 aliphatic rings. The Morgan fingerprint density at radius 2 is 1.94 bits per heavy atom. The molecule has 0 aliphatic carbocycles. The molecule has 0 amide bonds. The van der Waals surface area contributed by atoms with Gasteiger partial charge in [-0.25, -0.2) is 0 Å². The largest absolute Gasteiger partial charge is 0.482 e. The van der Waals surface area contributed by atoms with Crippen LogP contribution in [0.25, 0.3) is 0 Å². The Balaban J connectivity index is 1.94. The molecule has 0 fully saturated rings. The van der Waals surface area contributed by atoms with E-state index in [0.717, 1.165) is 18.0 Å². The number of aryl methyl sites for hydroxylation is 2. The first-order chi connectivity index (χ1) is 8.74. The predicted molar refractivity (Wildman–Crippen MR) is 74.2 cm³/mol. The average molecular weight is 239 g/mol. The quantitative estimate of drug-likeness (QED) is 0.816. The van der Waals surface area contributed by atoms with Crippen molar-refractivity contribution in [2.75, 3.05) is 11.9 Å². The number of hydrogen-bond donors (Lipinski definition) is 1. The summed E-state index contributed by atoms with van der Waals surface area (Å²) < 4.78 is 6.09. The molecule has 2 aromatic rings. The molecule has 92 valence electrons. The van der Waals surface area contributed by atoms with Crippen LogP contribution < -0.4 is 10.1 Å². The van der Waals surface area contributed by atoms with Crippen molar-refractivity contribution in [3.8, 4) is 5.75 Å². The lowest BCUT2D eigenvalue weighted by Crippen LogP contribution is -2.24. The Hall–Kier alpha value is -1.96. The van der Waals surface area contributed by atoms with Crippen LogP contribution in [0.5, 0.6) is 5.75 Å². The molecule has 1 unspecified atom stereocenters. The van der Waals surface area contributed by atoms with Crippen molar-refractivity contribution in [3.63, 3.8) is 0 Å². The van der Waals surface area contributed by atoms with Crippen LogP contribution in [-0.4, -0.2) is 6.54 Å². The Labute approximate surface area is 108 Å². The lowest BCUT2D eigenvalue weighted by Gasteiger charge is -2.28. The molecule has 2 aromatic carbocycles. The SMILES string of the molecule is Cc1ccc(C)c(C2CNc3ccccc3O2)c1. The standard InChI is InChI=1S/C16H17NO/c1-11-7-8-12(2)13(9-11)16-10-17-14-5-3-4-6-15(14)18-16/h3-9,16-17H,10H2,1-2H3. The maximum atomic E-state index is 6.09. The molecular weight excluding hydrogens is 222 g/mol. The van der Waals surface area contributed by atoms with Crippen LogP contribution in [-0.2, 0) is 0 Å². The van der Waals surface area contributed by atoms with Gasteiger partial charge in [-0.05, 0) is 37.1 Å². The Morgan fingerprint density at radius 1 is 1.11 bits per heavy atom. The molecule has 0 bridgehead atoms. The van der Waals surface area contributed by atoms with Gasteiger partial charge in [-0.1, -0.05) is 35.9 Å². The van der Waals surface area contributed by atoms with Gasteiger partial charge >= 0.3 is 0 Å². The van der Waals surface area contributed by atoms with E-state index in [1.165, 1.54) is 16.7 Å². The molecule has 2 heteroatoms. The monoisotopic (exact) mass is 239 g/mol. The summed E-state index contributed by atoms with van der Waals surface area (Å²) in [5, 5.41) is 3.43. The van der Waals surface area contributed by atoms with Crippen LogP contribution >= 0.6 is 0 Å². The van der Waals surface area contributed by atoms with E-state index in [9.17, 15) is 0 Å². The summed E-state index contributed by atoms with van der Waals surface area (Å²) in [6, 6.07) is 14.6. The highest BCUT2D eigenvalue weighted by Gasteiger charge is 2.21. The minimum absolute atomic E-state index is 0.0970. The number of anilines is 1. The fourth-order valence-corrected chi connectivity index (χ4v) is 2.39. The van der Waals surface area contributed by atoms with Gasteiger partial charge in [0, 0.05) is 0 Å². The Kier molecular flexibility index (Phi) is 2.71. The molecule has 1 atom stereocenters. The first kappa shape index (κ1) is 11.1. The van der Waals surface area contributed by atoms with E-state index >= 15 is 0 Å². The third kappa shape index (κ3) is 1.94. The third-order valence-electron chi connectivity index (χ3n) is 3.42. The van der Waals surface area contributed by atoms with Crippen LogP contribution in [0.15, 0.2) is 42.5 Å². The lowest BCUT2D eigenvalue weighted by atomic mass is 9.99. The molecule has 1 N–H and O–H groups in total. The van der Waals surface area contributed by atoms with E-state index in [1.807, 2.05) is 18.2 Å². The summed E-state index contributed by atoms with van der Waals surface area (Å²) in [5.74, 6) is 0.939.